The Balaban J connectivity index is 1.94. The summed E-state index contributed by atoms with van der Waals surface area (Å²) in [5.41, 5.74) is 6.33. The van der Waals surface area contributed by atoms with Gasteiger partial charge in [0.05, 0.1) is 12.1 Å². The number of carbonyl (C=O) groups is 2. The van der Waals surface area contributed by atoms with Crippen LogP contribution >= 0.6 is 0 Å². The van der Waals surface area contributed by atoms with Crippen LogP contribution in [0.15, 0.2) is 18.2 Å². The maximum Gasteiger partial charge on any atom is 0.337 e. The molecule has 1 fully saturated rings. The van der Waals surface area contributed by atoms with Crippen LogP contribution in [0.2, 0.25) is 0 Å². The van der Waals surface area contributed by atoms with Crippen LogP contribution < -0.4 is 16.4 Å². The summed E-state index contributed by atoms with van der Waals surface area (Å²) in [5.74, 6) is -1.18. The molecule has 1 aliphatic rings. The van der Waals surface area contributed by atoms with Crippen LogP contribution in [0.1, 0.15) is 23.2 Å². The zero-order valence-corrected chi connectivity index (χ0v) is 9.77. The number of nitrogens with one attached hydrogen (secondary N) is 2. The second kappa shape index (κ2) is 4.95. The maximum atomic E-state index is 11.4. The van der Waals surface area contributed by atoms with E-state index in [0.29, 0.717) is 11.7 Å². The molecular formula is C12H15N3O3. The van der Waals surface area contributed by atoms with E-state index in [0.717, 1.165) is 12.8 Å². The first-order valence-electron chi connectivity index (χ1n) is 5.72. The lowest BCUT2D eigenvalue weighted by Gasteiger charge is -2.08. The molecule has 0 heterocycles. The lowest BCUT2D eigenvalue weighted by atomic mass is 10.1. The van der Waals surface area contributed by atoms with Crippen molar-refractivity contribution in [2.75, 3.05) is 17.6 Å². The zero-order chi connectivity index (χ0) is 13.1. The van der Waals surface area contributed by atoms with Crippen LogP contribution in [-0.2, 0) is 4.79 Å². The quantitative estimate of drug-likeness (QED) is 0.574. The second-order valence-electron chi connectivity index (χ2n) is 4.30. The number of rotatable bonds is 5. The normalized spacial score (nSPS) is 14.0. The molecule has 0 aromatic heterocycles. The third kappa shape index (κ3) is 3.13. The lowest BCUT2D eigenvalue weighted by molar-refractivity contribution is -0.119. The van der Waals surface area contributed by atoms with Crippen molar-refractivity contribution in [2.24, 2.45) is 0 Å². The number of anilines is 2. The first-order valence-corrected chi connectivity index (χ1v) is 5.72. The molecule has 0 spiro atoms. The van der Waals surface area contributed by atoms with Gasteiger partial charge < -0.3 is 21.5 Å². The van der Waals surface area contributed by atoms with Gasteiger partial charge in [-0.1, -0.05) is 0 Å². The minimum atomic E-state index is -1.08. The van der Waals surface area contributed by atoms with E-state index in [9.17, 15) is 9.59 Å². The molecule has 0 aliphatic heterocycles. The van der Waals surface area contributed by atoms with E-state index in [1.54, 1.807) is 6.07 Å². The van der Waals surface area contributed by atoms with Crippen LogP contribution in [0.4, 0.5) is 11.4 Å². The summed E-state index contributed by atoms with van der Waals surface area (Å²) in [7, 11) is 0. The molecule has 6 nitrogen and oxygen atoms in total. The van der Waals surface area contributed by atoms with Crippen molar-refractivity contribution in [3.8, 4) is 0 Å². The fraction of sp³-hybridized carbons (Fsp3) is 0.333. The predicted molar refractivity (Wildman–Crippen MR) is 67.5 cm³/mol. The average molecular weight is 249 g/mol. The van der Waals surface area contributed by atoms with Crippen molar-refractivity contribution in [3.63, 3.8) is 0 Å². The monoisotopic (exact) mass is 249 g/mol. The molecule has 0 unspecified atom stereocenters. The number of nitrogen functional groups attached to an aromatic ring is 1. The summed E-state index contributed by atoms with van der Waals surface area (Å²) in [4.78, 5) is 22.3. The van der Waals surface area contributed by atoms with Crippen LogP contribution in [0.25, 0.3) is 0 Å². The Hall–Kier alpha value is -2.24. The van der Waals surface area contributed by atoms with E-state index in [1.807, 2.05) is 0 Å². The topological polar surface area (TPSA) is 104 Å². The van der Waals surface area contributed by atoms with Crippen molar-refractivity contribution in [3.05, 3.63) is 23.8 Å². The highest BCUT2D eigenvalue weighted by molar-refractivity contribution is 5.95. The summed E-state index contributed by atoms with van der Waals surface area (Å²) >= 11 is 0. The van der Waals surface area contributed by atoms with E-state index < -0.39 is 5.97 Å². The molecular weight excluding hydrogens is 234 g/mol. The fourth-order valence-electron chi connectivity index (χ4n) is 1.54. The molecule has 0 saturated heterocycles. The molecule has 1 aliphatic carbocycles. The van der Waals surface area contributed by atoms with Gasteiger partial charge in [-0.3, -0.25) is 4.79 Å². The summed E-state index contributed by atoms with van der Waals surface area (Å²) in [6, 6.07) is 4.89. The van der Waals surface area contributed by atoms with E-state index >= 15 is 0 Å². The highest BCUT2D eigenvalue weighted by atomic mass is 16.4. The second-order valence-corrected chi connectivity index (χ2v) is 4.30. The van der Waals surface area contributed by atoms with Crippen molar-refractivity contribution in [2.45, 2.75) is 18.9 Å². The van der Waals surface area contributed by atoms with Crippen molar-refractivity contribution >= 4 is 23.3 Å². The molecule has 18 heavy (non-hydrogen) atoms. The van der Waals surface area contributed by atoms with Gasteiger partial charge in [0.2, 0.25) is 5.91 Å². The minimum Gasteiger partial charge on any atom is -0.478 e. The SMILES string of the molecule is Nc1ccc(NCC(=O)NC2CC2)cc1C(=O)O. The van der Waals surface area contributed by atoms with Crippen LogP contribution in [0.3, 0.4) is 0 Å². The van der Waals surface area contributed by atoms with Gasteiger partial charge in [-0.05, 0) is 31.0 Å². The number of hydrogen-bond donors (Lipinski definition) is 4. The number of nitrogens with two attached hydrogens (primary N) is 1. The third-order valence-corrected chi connectivity index (χ3v) is 2.68. The Kier molecular flexibility index (Phi) is 3.36. The van der Waals surface area contributed by atoms with Gasteiger partial charge in [0.1, 0.15) is 0 Å². The fourth-order valence-corrected chi connectivity index (χ4v) is 1.54. The number of carboxylic acid groups (broad SMARTS) is 1. The molecule has 0 bridgehead atoms. The molecule has 0 atom stereocenters. The molecule has 6 heteroatoms. The Morgan fingerprint density at radius 2 is 2.11 bits per heavy atom. The van der Waals surface area contributed by atoms with Gasteiger partial charge in [-0.15, -0.1) is 0 Å². The number of carbonyl (C=O) groups excluding carboxylic acids is 1. The molecule has 96 valence electrons. The third-order valence-electron chi connectivity index (χ3n) is 2.68. The average Bonchev–Trinajstić information content (AvgIpc) is 3.11. The molecule has 2 rings (SSSR count). The highest BCUT2D eigenvalue weighted by Gasteiger charge is 2.22. The van der Waals surface area contributed by atoms with Crippen molar-refractivity contribution in [1.29, 1.82) is 0 Å². The minimum absolute atomic E-state index is 0.0302. The number of hydrogen-bond acceptors (Lipinski definition) is 4. The Labute approximate surface area is 104 Å². The summed E-state index contributed by atoms with van der Waals surface area (Å²) < 4.78 is 0. The van der Waals surface area contributed by atoms with E-state index in [4.69, 9.17) is 10.8 Å². The largest absolute Gasteiger partial charge is 0.478 e. The van der Waals surface area contributed by atoms with Gasteiger partial charge >= 0.3 is 5.97 Å². The molecule has 1 amide bonds. The number of benzene rings is 1. The molecule has 1 aromatic carbocycles. The van der Waals surface area contributed by atoms with Gasteiger partial charge in [0.25, 0.3) is 0 Å². The van der Waals surface area contributed by atoms with Gasteiger partial charge in [-0.2, -0.15) is 0 Å². The number of aromatic carboxylic acids is 1. The Bertz CT molecular complexity index is 483. The highest BCUT2D eigenvalue weighted by Crippen LogP contribution is 2.19. The van der Waals surface area contributed by atoms with E-state index in [1.165, 1.54) is 12.1 Å². The molecule has 0 radical (unpaired) electrons. The summed E-state index contributed by atoms with van der Waals surface area (Å²) in [6.45, 7) is 0.124. The Morgan fingerprint density at radius 1 is 1.39 bits per heavy atom. The smallest absolute Gasteiger partial charge is 0.337 e. The standard InChI is InChI=1S/C12H15N3O3/c13-10-4-3-8(5-9(10)12(17)18)14-6-11(16)15-7-1-2-7/h3-5,7,14H,1-2,6,13H2,(H,15,16)(H,17,18). The maximum absolute atomic E-state index is 11.4. The van der Waals surface area contributed by atoms with Crippen LogP contribution in [0.5, 0.6) is 0 Å². The van der Waals surface area contributed by atoms with Gasteiger partial charge in [0.15, 0.2) is 0 Å². The number of carboxylic acids is 1. The Morgan fingerprint density at radius 3 is 2.72 bits per heavy atom. The van der Waals surface area contributed by atoms with Crippen molar-refractivity contribution in [1.82, 2.24) is 5.32 Å². The predicted octanol–water partition coefficient (Wildman–Crippen LogP) is 0.657. The van der Waals surface area contributed by atoms with Gasteiger partial charge in [0, 0.05) is 17.4 Å². The van der Waals surface area contributed by atoms with E-state index in [-0.39, 0.29) is 23.7 Å². The molecule has 1 aromatic rings. The number of amides is 1. The van der Waals surface area contributed by atoms with Crippen LogP contribution in [0, 0.1) is 0 Å². The first-order chi connectivity index (χ1) is 8.56. The zero-order valence-electron chi connectivity index (χ0n) is 9.77. The van der Waals surface area contributed by atoms with E-state index in [2.05, 4.69) is 10.6 Å². The molecule has 1 saturated carbocycles. The lowest BCUT2D eigenvalue weighted by Crippen LogP contribution is -2.31. The van der Waals surface area contributed by atoms with Gasteiger partial charge in [-0.25, -0.2) is 4.79 Å². The van der Waals surface area contributed by atoms with Crippen molar-refractivity contribution < 1.29 is 14.7 Å². The van der Waals surface area contributed by atoms with Crippen LogP contribution in [-0.4, -0.2) is 29.6 Å². The molecule has 5 N–H and O–H groups in total. The summed E-state index contributed by atoms with van der Waals surface area (Å²) in [6.07, 6.45) is 2.08. The first kappa shape index (κ1) is 12.2. The summed E-state index contributed by atoms with van der Waals surface area (Å²) in [5, 5.41) is 14.6.